The summed E-state index contributed by atoms with van der Waals surface area (Å²) in [5, 5.41) is 9.61. The molecule has 1 aromatic rings. The lowest BCUT2D eigenvalue weighted by Gasteiger charge is -2.35. The van der Waals surface area contributed by atoms with Gasteiger partial charge in [-0.2, -0.15) is 0 Å². The lowest BCUT2D eigenvalue weighted by Crippen LogP contribution is -2.50. The Balaban J connectivity index is 2.29. The van der Waals surface area contributed by atoms with E-state index in [1.54, 1.807) is 0 Å². The lowest BCUT2D eigenvalue weighted by atomic mass is 10.0. The zero-order valence-corrected chi connectivity index (χ0v) is 8.88. The van der Waals surface area contributed by atoms with Crippen LogP contribution in [0.5, 0.6) is 0 Å². The summed E-state index contributed by atoms with van der Waals surface area (Å²) in [5.74, 6) is 0. The predicted molar refractivity (Wildman–Crippen MR) is 56.7 cm³/mol. The first kappa shape index (κ1) is 10.7. The van der Waals surface area contributed by atoms with Crippen molar-refractivity contribution < 1.29 is 15.6 Å². The minimum Gasteiger partial charge on any atom is -0.387 e. The van der Waals surface area contributed by atoms with Crippen LogP contribution in [0.2, 0.25) is 0 Å². The van der Waals surface area contributed by atoms with Gasteiger partial charge >= 0.3 is 5.69 Å². The van der Waals surface area contributed by atoms with Gasteiger partial charge in [0.25, 0.3) is 5.56 Å². The van der Waals surface area contributed by atoms with Crippen molar-refractivity contribution >= 4 is 0 Å². The fourth-order valence-electron chi connectivity index (χ4n) is 1.77. The van der Waals surface area contributed by atoms with Crippen LogP contribution in [0, 0.1) is 0 Å². The van der Waals surface area contributed by atoms with Gasteiger partial charge in [0.2, 0.25) is 0 Å². The van der Waals surface area contributed by atoms with Gasteiger partial charge in [-0.3, -0.25) is 14.3 Å². The zero-order valence-electron chi connectivity index (χ0n) is 9.88. The van der Waals surface area contributed by atoms with Crippen molar-refractivity contribution in [1.29, 1.82) is 0 Å². The molecule has 0 radical (unpaired) electrons. The topological polar surface area (TPSA) is 84.3 Å². The van der Waals surface area contributed by atoms with Crippen molar-refractivity contribution in [2.45, 2.75) is 31.3 Å². The van der Waals surface area contributed by atoms with E-state index in [1.165, 1.54) is 0 Å². The Morgan fingerprint density at radius 3 is 3.12 bits per heavy atom. The van der Waals surface area contributed by atoms with E-state index in [0.717, 1.165) is 16.8 Å². The van der Waals surface area contributed by atoms with Crippen LogP contribution in [0.15, 0.2) is 21.9 Å². The quantitative estimate of drug-likeness (QED) is 0.678. The number of nitrogens with zero attached hydrogens (tertiary/aromatic N) is 1. The molecule has 0 aromatic carbocycles. The third-order valence-corrected chi connectivity index (χ3v) is 2.76. The summed E-state index contributed by atoms with van der Waals surface area (Å²) < 4.78 is 27.2. The number of hydrogen-bond acceptors (Lipinski definition) is 4. The van der Waals surface area contributed by atoms with Crippen molar-refractivity contribution in [3.8, 4) is 0 Å². The van der Waals surface area contributed by atoms with Crippen molar-refractivity contribution in [2.24, 2.45) is 0 Å². The molecule has 1 aliphatic rings. The Bertz CT molecular complexity index is 531. The predicted octanol–water partition coefficient (Wildman–Crippen LogP) is -0.805. The molecule has 0 saturated carbocycles. The lowest BCUT2D eigenvalue weighted by molar-refractivity contribution is -0.128. The van der Waals surface area contributed by atoms with Crippen molar-refractivity contribution in [1.82, 2.24) is 9.55 Å². The molecule has 1 aromatic heterocycles. The molecule has 2 N–H and O–H groups in total. The van der Waals surface area contributed by atoms with Crippen molar-refractivity contribution in [3.05, 3.63) is 33.1 Å². The average molecular weight is 245 g/mol. The number of aromatic nitrogens is 2. The molecule has 17 heavy (non-hydrogen) atoms. The fraction of sp³-hybridized carbons (Fsp3) is 0.600. The summed E-state index contributed by atoms with van der Waals surface area (Å²) in [6.07, 6.45) is -2.91. The fourth-order valence-corrected chi connectivity index (χ4v) is 1.77. The second kappa shape index (κ2) is 4.42. The molecular formula is C10H13FN2O4. The molecule has 4 atom stereocenters. The highest BCUT2D eigenvalue weighted by molar-refractivity contribution is 4.93. The number of alkyl halides is 1. The van der Waals surface area contributed by atoms with Gasteiger partial charge in [0, 0.05) is 13.6 Å². The van der Waals surface area contributed by atoms with Crippen molar-refractivity contribution in [2.75, 3.05) is 6.61 Å². The smallest absolute Gasteiger partial charge is 0.328 e. The number of nitrogens with one attached hydrogen (secondary N) is 1. The molecule has 2 heterocycles. The molecule has 1 fully saturated rings. The number of ether oxygens (including phenoxy) is 1. The molecule has 0 amide bonds. The summed E-state index contributed by atoms with van der Waals surface area (Å²) in [6, 6.07) is 0.0871. The van der Waals surface area contributed by atoms with E-state index in [4.69, 9.17) is 6.11 Å². The Labute approximate surface area is 97.1 Å². The van der Waals surface area contributed by atoms with Crippen LogP contribution >= 0.6 is 0 Å². The first-order chi connectivity index (χ1) is 8.54. The molecule has 1 aliphatic heterocycles. The highest BCUT2D eigenvalue weighted by Gasteiger charge is 2.39. The Morgan fingerprint density at radius 2 is 2.47 bits per heavy atom. The summed E-state index contributed by atoms with van der Waals surface area (Å²) >= 11 is 0. The van der Waals surface area contributed by atoms with Gasteiger partial charge in [-0.25, -0.2) is 9.18 Å². The van der Waals surface area contributed by atoms with E-state index in [-0.39, 0.29) is 13.5 Å². The second-order valence-electron chi connectivity index (χ2n) is 3.89. The van der Waals surface area contributed by atoms with E-state index in [2.05, 4.69) is 0 Å². The molecule has 0 bridgehead atoms. The maximum Gasteiger partial charge on any atom is 0.328 e. The van der Waals surface area contributed by atoms with E-state index in [9.17, 15) is 19.1 Å². The monoisotopic (exact) mass is 245 g/mol. The number of hydrogen-bond donors (Lipinski definition) is 2. The summed E-state index contributed by atoms with van der Waals surface area (Å²) in [7, 11) is 0. The van der Waals surface area contributed by atoms with Gasteiger partial charge < -0.3 is 9.84 Å². The first-order valence-corrected chi connectivity index (χ1v) is 5.09. The highest BCUT2D eigenvalue weighted by Crippen LogP contribution is 2.25. The standard InChI is InChI=1S/C10H13FN2O4/c1-5-9(15)8(11)6(4-17-5)13-3-2-7(14)12-10(13)16/h2-3,5-6,8-9,15H,4H2,1H3,(H,12,14,16)/i1D. The number of aliphatic hydroxyl groups is 1. The third kappa shape index (κ3) is 2.16. The number of aliphatic hydroxyl groups excluding tert-OH is 1. The SMILES string of the molecule is [2H]CC1OCC(n2ccc(=O)[nH]c2=O)C(F)C1O. The molecule has 1 saturated heterocycles. The van der Waals surface area contributed by atoms with Crippen LogP contribution in [-0.4, -0.2) is 39.6 Å². The average Bonchev–Trinajstić information content (AvgIpc) is 2.34. The van der Waals surface area contributed by atoms with E-state index >= 15 is 0 Å². The second-order valence-corrected chi connectivity index (χ2v) is 3.89. The number of rotatable bonds is 1. The van der Waals surface area contributed by atoms with E-state index in [0.29, 0.717) is 0 Å². The Morgan fingerprint density at radius 1 is 1.71 bits per heavy atom. The van der Waals surface area contributed by atoms with E-state index in [1.807, 2.05) is 4.98 Å². The van der Waals surface area contributed by atoms with Gasteiger partial charge in [-0.1, -0.05) is 0 Å². The molecule has 0 aliphatic carbocycles. The van der Waals surface area contributed by atoms with Gasteiger partial charge in [0.05, 0.1) is 18.8 Å². The molecule has 4 unspecified atom stereocenters. The minimum atomic E-state index is -1.72. The van der Waals surface area contributed by atoms with Crippen LogP contribution in [0.1, 0.15) is 14.3 Å². The summed E-state index contributed by atoms with van der Waals surface area (Å²) in [6.45, 7) is -0.386. The Kier molecular flexibility index (Phi) is 2.77. The van der Waals surface area contributed by atoms with Gasteiger partial charge in [-0.05, 0) is 6.90 Å². The third-order valence-electron chi connectivity index (χ3n) is 2.76. The minimum absolute atomic E-state index is 0.131. The van der Waals surface area contributed by atoms with Crippen LogP contribution in [-0.2, 0) is 4.74 Å². The van der Waals surface area contributed by atoms with Gasteiger partial charge in [0.15, 0.2) is 6.17 Å². The molecular weight excluding hydrogens is 231 g/mol. The maximum atomic E-state index is 14.0. The molecule has 7 heteroatoms. The first-order valence-electron chi connectivity index (χ1n) is 5.79. The molecule has 0 spiro atoms. The van der Waals surface area contributed by atoms with Crippen molar-refractivity contribution in [3.63, 3.8) is 0 Å². The maximum absolute atomic E-state index is 14.0. The van der Waals surface area contributed by atoms with Gasteiger partial charge in [0.1, 0.15) is 6.10 Å². The summed E-state index contributed by atoms with van der Waals surface area (Å²) in [5.41, 5.74) is -1.33. The molecule has 94 valence electrons. The van der Waals surface area contributed by atoms with Crippen LogP contribution in [0.3, 0.4) is 0 Å². The van der Waals surface area contributed by atoms with Crippen LogP contribution in [0.4, 0.5) is 4.39 Å². The van der Waals surface area contributed by atoms with Crippen LogP contribution in [0.25, 0.3) is 0 Å². The highest BCUT2D eigenvalue weighted by atomic mass is 19.1. The number of H-pyrrole nitrogens is 1. The largest absolute Gasteiger partial charge is 0.387 e. The number of aromatic amines is 1. The van der Waals surface area contributed by atoms with Crippen LogP contribution < -0.4 is 11.2 Å². The molecule has 6 nitrogen and oxygen atoms in total. The van der Waals surface area contributed by atoms with Gasteiger partial charge in [-0.15, -0.1) is 0 Å². The van der Waals surface area contributed by atoms with E-state index < -0.39 is 35.7 Å². The summed E-state index contributed by atoms with van der Waals surface area (Å²) in [4.78, 5) is 24.4. The molecule has 2 rings (SSSR count). The normalized spacial score (nSPS) is 34.4. The zero-order chi connectivity index (χ0) is 13.3. The Hall–Kier alpha value is -1.47. The number of halogens is 1.